The molecule has 0 atom stereocenters. The summed E-state index contributed by atoms with van der Waals surface area (Å²) in [6.45, 7) is 0. The molecule has 574 valence electrons. The fraction of sp³-hybridized carbons (Fsp3) is 0.0172. The first-order valence-corrected chi connectivity index (χ1v) is 42.3. The first kappa shape index (κ1) is 69.5. The third-order valence-corrected chi connectivity index (χ3v) is 26.5. The number of aromatic nitrogens is 6. The highest BCUT2D eigenvalue weighted by atomic mass is 16.3. The number of rotatable bonds is 9. The topological polar surface area (TPSA) is 104 Å². The molecule has 0 saturated heterocycles. The van der Waals surface area contributed by atoms with Gasteiger partial charge in [-0.15, -0.1) is 0 Å². The Labute approximate surface area is 714 Å². The zero-order valence-electron chi connectivity index (χ0n) is 66.8. The molecule has 0 amide bonds. The van der Waals surface area contributed by atoms with E-state index in [2.05, 4.69) is 388 Å². The van der Waals surface area contributed by atoms with Crippen LogP contribution in [0.25, 0.3) is 212 Å². The van der Waals surface area contributed by atoms with Gasteiger partial charge in [0.1, 0.15) is 22.3 Å². The predicted octanol–water partition coefficient (Wildman–Crippen LogP) is 28.9. The van der Waals surface area contributed by atoms with Gasteiger partial charge in [-0.2, -0.15) is 0 Å². The van der Waals surface area contributed by atoms with Gasteiger partial charge in [0.2, 0.25) is 0 Å². The van der Waals surface area contributed by atoms with Crippen molar-refractivity contribution < 1.29 is 8.83 Å². The van der Waals surface area contributed by atoms with Crippen LogP contribution in [0.15, 0.2) is 421 Å². The van der Waals surface area contributed by atoms with Gasteiger partial charge in [-0.3, -0.25) is 0 Å². The van der Waals surface area contributed by atoms with Gasteiger partial charge in [0.05, 0.1) is 16.4 Å². The fourth-order valence-corrected chi connectivity index (χ4v) is 21.1. The van der Waals surface area contributed by atoms with Crippen LogP contribution in [0.3, 0.4) is 0 Å². The minimum absolute atomic E-state index is 0.505. The molecule has 8 heteroatoms. The predicted molar refractivity (Wildman–Crippen MR) is 500 cm³/mol. The number of benzene rings is 18. The molecule has 22 aromatic rings. The summed E-state index contributed by atoms with van der Waals surface area (Å²) in [7, 11) is 0. The Kier molecular flexibility index (Phi) is 15.2. The van der Waals surface area contributed by atoms with Gasteiger partial charge in [-0.05, 0) is 205 Å². The second-order valence-corrected chi connectivity index (χ2v) is 32.9. The van der Waals surface area contributed by atoms with E-state index in [1.54, 1.807) is 0 Å². The molecule has 0 aliphatic heterocycles. The monoisotopic (exact) mass is 1580 g/mol. The summed E-state index contributed by atoms with van der Waals surface area (Å²) in [4.78, 5) is 32.8. The molecule has 0 bridgehead atoms. The Bertz CT molecular complexity index is 8170. The maximum absolute atomic E-state index is 7.06. The Morgan fingerprint density at radius 1 is 0.145 bits per heavy atom. The van der Waals surface area contributed by atoms with Crippen molar-refractivity contribution in [3.63, 3.8) is 0 Å². The molecular formula is C116H68N6O2. The SMILES string of the molecule is c1ccc(-c2ccc(-c3nc(-c4ccc5c(c4)-c4ccccc4-c4ccccc4C54c5ccccc5-c5ccccc54)nc(-c4cccc5c4oc4ccc(-c6cccc(-c7ccc(-c8nc(-c9ccc%10c(c9)-c9ccccc9-c9ccccc9C%109c%10ccccc%10-c%10ccccc%109)nc(-c9ccc%10oc%11ccccc%11c%10c9)n8)cc7)c6)cc45)n3)cc2)cc1. The van der Waals surface area contributed by atoms with E-state index in [-0.39, 0.29) is 0 Å². The molecule has 0 N–H and O–H groups in total. The van der Waals surface area contributed by atoms with E-state index in [9.17, 15) is 0 Å². The average Bonchev–Trinajstić information content (AvgIpc) is 1.52. The Hall–Kier alpha value is -16.4. The number of hydrogen-bond acceptors (Lipinski definition) is 8. The van der Waals surface area contributed by atoms with Crippen LogP contribution in [0.2, 0.25) is 0 Å². The Morgan fingerprint density at radius 2 is 0.419 bits per heavy atom. The molecular weight excluding hydrogens is 1510 g/mol. The van der Waals surface area contributed by atoms with E-state index in [1.807, 2.05) is 24.3 Å². The van der Waals surface area contributed by atoms with Gasteiger partial charge in [0, 0.05) is 49.4 Å². The van der Waals surface area contributed by atoms with E-state index in [1.165, 1.54) is 89.0 Å². The van der Waals surface area contributed by atoms with E-state index in [0.717, 1.165) is 127 Å². The second kappa shape index (κ2) is 27.0. The molecule has 0 unspecified atom stereocenters. The summed E-state index contributed by atoms with van der Waals surface area (Å²) < 4.78 is 13.4. The summed E-state index contributed by atoms with van der Waals surface area (Å²) in [6.07, 6.45) is 0. The number of fused-ring (bicyclic) bond motifs is 30. The smallest absolute Gasteiger partial charge is 0.167 e. The first-order valence-electron chi connectivity index (χ1n) is 42.3. The molecule has 124 heavy (non-hydrogen) atoms. The summed E-state index contributed by atoms with van der Waals surface area (Å²) in [6, 6.07) is 149. The molecule has 4 aromatic heterocycles. The quantitative estimate of drug-likeness (QED) is 0.141. The van der Waals surface area contributed by atoms with Crippen LogP contribution < -0.4 is 0 Å². The highest BCUT2D eigenvalue weighted by Gasteiger charge is 2.52. The third kappa shape index (κ3) is 10.3. The highest BCUT2D eigenvalue weighted by Crippen LogP contribution is 2.64. The normalized spacial score (nSPS) is 13.1. The van der Waals surface area contributed by atoms with Crippen molar-refractivity contribution in [3.8, 4) is 168 Å². The minimum Gasteiger partial charge on any atom is -0.456 e. The fourth-order valence-electron chi connectivity index (χ4n) is 21.1. The number of para-hydroxylation sites is 2. The third-order valence-electron chi connectivity index (χ3n) is 26.5. The van der Waals surface area contributed by atoms with Crippen molar-refractivity contribution in [1.82, 2.24) is 29.9 Å². The lowest BCUT2D eigenvalue weighted by atomic mass is 9.66. The largest absolute Gasteiger partial charge is 0.456 e. The van der Waals surface area contributed by atoms with Gasteiger partial charge in [-0.25, -0.2) is 29.9 Å². The summed E-state index contributed by atoms with van der Waals surface area (Å²) in [5.41, 5.74) is 37.6. The van der Waals surface area contributed by atoms with Crippen molar-refractivity contribution in [3.05, 3.63) is 457 Å². The molecule has 2 spiro atoms. The minimum atomic E-state index is -0.633. The van der Waals surface area contributed by atoms with Crippen LogP contribution in [0.4, 0.5) is 0 Å². The zero-order chi connectivity index (χ0) is 81.3. The van der Waals surface area contributed by atoms with Crippen LogP contribution in [0.1, 0.15) is 44.5 Å². The Morgan fingerprint density at radius 3 is 0.911 bits per heavy atom. The van der Waals surface area contributed by atoms with E-state index in [0.29, 0.717) is 40.5 Å². The van der Waals surface area contributed by atoms with Gasteiger partial charge in [-0.1, -0.05) is 352 Å². The van der Waals surface area contributed by atoms with Gasteiger partial charge in [0.15, 0.2) is 34.9 Å². The summed E-state index contributed by atoms with van der Waals surface area (Å²) >= 11 is 0. The maximum Gasteiger partial charge on any atom is 0.167 e. The molecule has 26 rings (SSSR count). The van der Waals surface area contributed by atoms with E-state index < -0.39 is 10.8 Å². The van der Waals surface area contributed by atoms with Crippen LogP contribution >= 0.6 is 0 Å². The first-order chi connectivity index (χ1) is 61.4. The van der Waals surface area contributed by atoms with Crippen LogP contribution in [0.5, 0.6) is 0 Å². The molecule has 18 aromatic carbocycles. The van der Waals surface area contributed by atoms with Gasteiger partial charge < -0.3 is 8.83 Å². The van der Waals surface area contributed by atoms with Crippen LogP contribution in [-0.4, -0.2) is 29.9 Å². The Balaban J connectivity index is 0.573. The summed E-state index contributed by atoms with van der Waals surface area (Å²) in [5.74, 6) is 3.29. The highest BCUT2D eigenvalue weighted by molar-refractivity contribution is 6.11. The van der Waals surface area contributed by atoms with Crippen molar-refractivity contribution in [2.24, 2.45) is 0 Å². The van der Waals surface area contributed by atoms with Crippen LogP contribution in [-0.2, 0) is 10.8 Å². The lowest BCUT2D eigenvalue weighted by Gasteiger charge is -2.35. The van der Waals surface area contributed by atoms with Crippen LogP contribution in [0, 0.1) is 0 Å². The van der Waals surface area contributed by atoms with Crippen molar-refractivity contribution in [1.29, 1.82) is 0 Å². The van der Waals surface area contributed by atoms with Gasteiger partial charge >= 0.3 is 0 Å². The molecule has 4 heterocycles. The standard InChI is InChI=1S/C116H68N6O2/c1-2-24-69(25-3-1)70-48-52-73(53-49-70)110-119-113(78-57-61-104-94(67-78)83-31-7-5-29-81(83)85-33-9-16-42-98(85)116(104)101-45-19-12-36-88(101)89-37-13-20-46-102(89)116)122-114(121-110)92-40-23-39-91-96-65-76(58-62-107(96)124-108(91)92)75-27-22-26-74(64-75)71-50-54-72(55-51-71)109-117-111(120-112(118-109)79-59-63-106-95(68-79)90-38-14-21-47-105(90)123-106)77-56-60-103-93(66-77)82-30-6-4-28-80(82)84-32-8-15-41-97(84)115(103)99-43-17-10-34-86(99)87-35-11-18-44-100(87)115/h1-68H. The van der Waals surface area contributed by atoms with E-state index >= 15 is 0 Å². The molecule has 0 fully saturated rings. The second-order valence-electron chi connectivity index (χ2n) is 32.9. The van der Waals surface area contributed by atoms with Crippen molar-refractivity contribution >= 4 is 43.9 Å². The number of furan rings is 2. The lowest BCUT2D eigenvalue weighted by Crippen LogP contribution is -2.29. The summed E-state index contributed by atoms with van der Waals surface area (Å²) in [5, 5.41) is 3.96. The number of nitrogens with zero attached hydrogens (tertiary/aromatic N) is 6. The number of hydrogen-bond donors (Lipinski definition) is 0. The average molecular weight is 1580 g/mol. The van der Waals surface area contributed by atoms with E-state index in [4.69, 9.17) is 38.7 Å². The molecule has 4 aliphatic carbocycles. The maximum atomic E-state index is 7.06. The molecule has 0 radical (unpaired) electrons. The molecule has 8 nitrogen and oxygen atoms in total. The zero-order valence-corrected chi connectivity index (χ0v) is 66.8. The van der Waals surface area contributed by atoms with Crippen molar-refractivity contribution in [2.75, 3.05) is 0 Å². The molecule has 4 aliphatic rings. The molecule has 0 saturated carbocycles. The van der Waals surface area contributed by atoms with Crippen molar-refractivity contribution in [2.45, 2.75) is 10.8 Å². The lowest BCUT2D eigenvalue weighted by molar-refractivity contribution is 0.669. The van der Waals surface area contributed by atoms with Gasteiger partial charge in [0.25, 0.3) is 0 Å².